The number of rotatable bonds is 19. The summed E-state index contributed by atoms with van der Waals surface area (Å²) in [6, 6.07) is 23.5. The summed E-state index contributed by atoms with van der Waals surface area (Å²) >= 11 is 0. The quantitative estimate of drug-likeness (QED) is 0.0423. The van der Waals surface area contributed by atoms with Gasteiger partial charge in [-0.25, -0.2) is 0 Å². The molecule has 0 amide bonds. The lowest BCUT2D eigenvalue weighted by Gasteiger charge is -2.80. The summed E-state index contributed by atoms with van der Waals surface area (Å²) in [5.74, 6) is 5.42. The van der Waals surface area contributed by atoms with Crippen LogP contribution in [0.3, 0.4) is 0 Å². The van der Waals surface area contributed by atoms with E-state index in [-0.39, 0.29) is 65.6 Å². The molecular weight excluding hydrogens is 1100 g/mol. The van der Waals surface area contributed by atoms with E-state index < -0.39 is 0 Å². The van der Waals surface area contributed by atoms with Crippen LogP contribution in [0.1, 0.15) is 308 Å². The first-order valence-electron chi connectivity index (χ1n) is 37.3. The Morgan fingerprint density at radius 1 is 0.356 bits per heavy atom. The Bertz CT molecular complexity index is 3270. The van der Waals surface area contributed by atoms with Crippen molar-refractivity contribution in [3.05, 3.63) is 94.0 Å². The molecule has 6 N–H and O–H groups in total. The lowest BCUT2D eigenvalue weighted by atomic mass is 9.24. The topological polar surface area (TPSA) is 111 Å². The second kappa shape index (κ2) is 19.7. The third-order valence-electron chi connectivity index (χ3n) is 29.3. The summed E-state index contributed by atoms with van der Waals surface area (Å²) in [4.78, 5) is 0. The van der Waals surface area contributed by atoms with Crippen molar-refractivity contribution < 1.29 is 19.7 Å². The van der Waals surface area contributed by atoms with Gasteiger partial charge in [0.15, 0.2) is 0 Å². The fourth-order valence-electron chi connectivity index (χ4n) is 30.9. The van der Waals surface area contributed by atoms with Crippen LogP contribution < -0.4 is 20.9 Å². The van der Waals surface area contributed by atoms with Crippen molar-refractivity contribution in [1.82, 2.24) is 0 Å². The minimum atomic E-state index is 0.0626. The standard InChI is InChI=1S/C84H116N2O4/c1-11-13-15-17-19-57-25-63(85)65(87)29-69(57)89-67-23-21-59(27-61(67)79-35-55-31-71(3,41-79)37-72(4,32-55)42-79)81-45-75(7)39-76(8,46-81)50-83(49-75,53-81)84-51-77(9)40-78(10,52-84)48-82(47-77,54-84)60-22-24-68(90-70-30-66(88)64(86)26-58(70)20-18-16-14-12-2)62(28-60)80-36-56-33-73(5,43-80)38-74(6,34-56)44-80/h21-30,55-56,87-88H,11-20,31-54,85-86H2,1-10H3. The number of phenolic OH excluding ortho intramolecular Hbond substituents is 2. The number of phenols is 2. The first kappa shape index (κ1) is 60.6. The van der Waals surface area contributed by atoms with Gasteiger partial charge < -0.3 is 31.2 Å². The molecule has 4 aromatic carbocycles. The van der Waals surface area contributed by atoms with Crippen LogP contribution in [0.15, 0.2) is 60.7 Å². The van der Waals surface area contributed by atoms with Gasteiger partial charge in [-0.3, -0.25) is 0 Å². The minimum absolute atomic E-state index is 0.0626. The lowest BCUT2D eigenvalue weighted by Crippen LogP contribution is -2.71. The van der Waals surface area contributed by atoms with Gasteiger partial charge in [-0.15, -0.1) is 0 Å². The van der Waals surface area contributed by atoms with E-state index >= 15 is 0 Å². The zero-order chi connectivity index (χ0) is 62.8. The number of nitrogen functional groups attached to an aromatic ring is 2. The van der Waals surface area contributed by atoms with E-state index in [9.17, 15) is 10.2 Å². The van der Waals surface area contributed by atoms with Gasteiger partial charge in [-0.2, -0.15) is 0 Å². The lowest BCUT2D eigenvalue weighted by molar-refractivity contribution is -0.275. The average Bonchev–Trinajstić information content (AvgIpc) is 0.655. The molecule has 6 nitrogen and oxygen atoms in total. The fourth-order valence-corrected chi connectivity index (χ4v) is 30.9. The largest absolute Gasteiger partial charge is 0.506 e. The molecule has 8 unspecified atom stereocenters. The molecule has 16 saturated carbocycles. The molecule has 0 saturated heterocycles. The molecule has 16 fully saturated rings. The van der Waals surface area contributed by atoms with Crippen molar-refractivity contribution in [2.24, 2.45) is 66.0 Å². The van der Waals surface area contributed by atoms with Crippen LogP contribution in [0.2, 0.25) is 0 Å². The molecule has 90 heavy (non-hydrogen) atoms. The average molecular weight is 1220 g/mol. The second-order valence-electron chi connectivity index (χ2n) is 39.6. The summed E-state index contributed by atoms with van der Waals surface area (Å²) in [7, 11) is 0. The van der Waals surface area contributed by atoms with E-state index in [0.29, 0.717) is 33.0 Å². The zero-order valence-corrected chi connectivity index (χ0v) is 57.8. The number of ether oxygens (including phenoxy) is 2. The molecule has 8 atom stereocenters. The highest BCUT2D eigenvalue weighted by Gasteiger charge is 2.77. The summed E-state index contributed by atoms with van der Waals surface area (Å²) in [5, 5.41) is 22.6. The van der Waals surface area contributed by atoms with Gasteiger partial charge in [0.1, 0.15) is 34.5 Å². The van der Waals surface area contributed by atoms with Gasteiger partial charge in [-0.1, -0.05) is 132 Å². The molecule has 486 valence electrons. The molecule has 0 aliphatic heterocycles. The van der Waals surface area contributed by atoms with Crippen molar-refractivity contribution in [2.75, 3.05) is 11.5 Å². The van der Waals surface area contributed by atoms with Gasteiger partial charge in [0, 0.05) is 34.1 Å². The Morgan fingerprint density at radius 2 is 0.689 bits per heavy atom. The highest BCUT2D eigenvalue weighted by atomic mass is 16.5. The van der Waals surface area contributed by atoms with Crippen LogP contribution in [0.4, 0.5) is 11.4 Å². The van der Waals surface area contributed by atoms with E-state index in [1.807, 2.05) is 24.3 Å². The van der Waals surface area contributed by atoms with E-state index in [2.05, 4.69) is 106 Å². The van der Waals surface area contributed by atoms with Crippen molar-refractivity contribution >= 4 is 11.4 Å². The number of aromatic hydroxyl groups is 2. The maximum absolute atomic E-state index is 11.3. The van der Waals surface area contributed by atoms with Gasteiger partial charge in [0.2, 0.25) is 0 Å². The predicted molar refractivity (Wildman–Crippen MR) is 368 cm³/mol. The maximum atomic E-state index is 11.3. The molecule has 4 aromatic rings. The van der Waals surface area contributed by atoms with Crippen LogP contribution in [-0.2, 0) is 34.5 Å². The molecule has 0 spiro atoms. The second-order valence-corrected chi connectivity index (χ2v) is 39.6. The van der Waals surface area contributed by atoms with Crippen LogP contribution in [-0.4, -0.2) is 10.2 Å². The van der Waals surface area contributed by atoms with E-state index in [1.165, 1.54) is 204 Å². The smallest absolute Gasteiger partial charge is 0.142 e. The Balaban J connectivity index is 0.809. The summed E-state index contributed by atoms with van der Waals surface area (Å²) in [6.07, 6.45) is 43.0. The molecular formula is C84H116N2O4. The first-order valence-corrected chi connectivity index (χ1v) is 37.3. The van der Waals surface area contributed by atoms with Crippen molar-refractivity contribution in [1.29, 1.82) is 0 Å². The van der Waals surface area contributed by atoms with E-state index in [4.69, 9.17) is 20.9 Å². The Kier molecular flexibility index (Phi) is 13.2. The number of hydrogen-bond donors (Lipinski definition) is 4. The first-order chi connectivity index (χ1) is 42.4. The third-order valence-corrected chi connectivity index (χ3v) is 29.3. The van der Waals surface area contributed by atoms with E-state index in [1.54, 1.807) is 11.1 Å². The van der Waals surface area contributed by atoms with Crippen LogP contribution in [0.25, 0.3) is 0 Å². The van der Waals surface area contributed by atoms with Crippen LogP contribution in [0.5, 0.6) is 34.5 Å². The summed E-state index contributed by atoms with van der Waals surface area (Å²) < 4.78 is 15.0. The molecule has 16 aliphatic carbocycles. The molecule has 0 heterocycles. The molecule has 16 aliphatic rings. The number of unbranched alkanes of at least 4 members (excludes halogenated alkanes) is 6. The molecule has 20 rings (SSSR count). The van der Waals surface area contributed by atoms with Gasteiger partial charge in [0.25, 0.3) is 0 Å². The van der Waals surface area contributed by atoms with Gasteiger partial charge in [0.05, 0.1) is 11.4 Å². The monoisotopic (exact) mass is 1220 g/mol. The molecule has 0 aromatic heterocycles. The SMILES string of the molecule is CCCCCCc1cc(N)c(O)cc1Oc1ccc(C23CC4(C)CC(C)(C2)CC(C25CC6(C)CC(C)(CC(c7ccc(Oc8cc(O)c(N)cc8CCCCCC)c(C89CC%10CC(C)(CC(C)(C%10)C8)C9)c7)(C6)C2)C5)(C4)C3)cc1C12CC3CC(C)(CC(C)(C3)C1)C2. The van der Waals surface area contributed by atoms with Crippen molar-refractivity contribution in [3.63, 3.8) is 0 Å². The number of hydrogen-bond acceptors (Lipinski definition) is 6. The number of aryl methyl sites for hydroxylation is 2. The Hall–Kier alpha value is -4.32. The van der Waals surface area contributed by atoms with E-state index in [0.717, 1.165) is 71.6 Å². The summed E-state index contributed by atoms with van der Waals surface area (Å²) in [6.45, 7) is 26.3. The van der Waals surface area contributed by atoms with Crippen LogP contribution in [0, 0.1) is 66.0 Å². The number of anilines is 2. The zero-order valence-electron chi connectivity index (χ0n) is 57.8. The highest BCUT2D eigenvalue weighted by Crippen LogP contribution is 2.86. The Labute approximate surface area is 543 Å². The third kappa shape index (κ3) is 9.55. The molecule has 6 heteroatoms. The number of benzene rings is 4. The highest BCUT2D eigenvalue weighted by molar-refractivity contribution is 5.62. The fraction of sp³-hybridized carbons (Fsp3) is 0.714. The molecule has 16 bridgehead atoms. The van der Waals surface area contributed by atoms with Crippen LogP contribution >= 0.6 is 0 Å². The number of nitrogens with two attached hydrogens (primary N) is 2. The maximum Gasteiger partial charge on any atom is 0.142 e. The normalized spacial score (nSPS) is 44.3. The Morgan fingerprint density at radius 3 is 1.02 bits per heavy atom. The predicted octanol–water partition coefficient (Wildman–Crippen LogP) is 22.5. The molecule has 0 radical (unpaired) electrons. The van der Waals surface area contributed by atoms with Gasteiger partial charge in [-0.05, 0) is 303 Å². The summed E-state index contributed by atoms with van der Waals surface area (Å²) in [5.41, 5.74) is 25.7. The van der Waals surface area contributed by atoms with Gasteiger partial charge >= 0.3 is 0 Å². The van der Waals surface area contributed by atoms with Crippen molar-refractivity contribution in [2.45, 2.75) is 309 Å². The minimum Gasteiger partial charge on any atom is -0.506 e. The van der Waals surface area contributed by atoms with Crippen molar-refractivity contribution in [3.8, 4) is 34.5 Å².